The van der Waals surface area contributed by atoms with Crippen molar-refractivity contribution < 1.29 is 8.42 Å². The van der Waals surface area contributed by atoms with E-state index in [9.17, 15) is 8.42 Å². The van der Waals surface area contributed by atoms with Gasteiger partial charge in [-0.15, -0.1) is 0 Å². The van der Waals surface area contributed by atoms with Crippen molar-refractivity contribution in [1.29, 1.82) is 0 Å². The van der Waals surface area contributed by atoms with Crippen molar-refractivity contribution in [2.75, 3.05) is 0 Å². The first kappa shape index (κ1) is 26.7. The molecule has 3 atom stereocenters. The molecule has 196 valence electrons. The van der Waals surface area contributed by atoms with E-state index in [1.807, 2.05) is 109 Å². The normalized spacial score (nSPS) is 13.4. The van der Waals surface area contributed by atoms with Crippen LogP contribution < -0.4 is 0 Å². The van der Waals surface area contributed by atoms with Gasteiger partial charge in [-0.3, -0.25) is 0 Å². The molecule has 0 radical (unpaired) electrons. The van der Waals surface area contributed by atoms with Crippen LogP contribution in [0.1, 0.15) is 0 Å². The molecule has 2 nitrogen and oxygen atoms in total. The Morgan fingerprint density at radius 3 is 1.70 bits per heavy atom. The van der Waals surface area contributed by atoms with Gasteiger partial charge in [-0.2, -0.15) is 0 Å². The van der Waals surface area contributed by atoms with Crippen LogP contribution in [0.2, 0.25) is 0 Å². The first-order valence-electron chi connectivity index (χ1n) is 12.7. The molecule has 40 heavy (non-hydrogen) atoms. The molecule has 6 rings (SSSR count). The summed E-state index contributed by atoms with van der Waals surface area (Å²) in [6, 6.07) is 47.7. The van der Waals surface area contributed by atoms with Gasteiger partial charge in [-0.25, -0.2) is 8.42 Å². The highest BCUT2D eigenvalue weighted by Gasteiger charge is 2.37. The second kappa shape index (κ2) is 12.3. The molecule has 6 heteroatoms. The molecule has 0 aliphatic rings. The monoisotopic (exact) mass is 593 g/mol. The highest BCUT2D eigenvalue weighted by Crippen LogP contribution is 2.42. The van der Waals surface area contributed by atoms with Gasteiger partial charge in [-0.05, 0) is 59.7 Å². The molecular weight excluding hydrogens is 569 g/mol. The van der Waals surface area contributed by atoms with E-state index >= 15 is 0 Å². The topological polar surface area (TPSA) is 34.1 Å². The van der Waals surface area contributed by atoms with E-state index in [0.29, 0.717) is 19.6 Å². The Bertz CT molecular complexity index is 1770. The van der Waals surface area contributed by atoms with Crippen LogP contribution in [-0.4, -0.2) is 8.42 Å². The molecule has 0 saturated carbocycles. The molecule has 1 heterocycles. The number of benzene rings is 5. The molecule has 0 spiro atoms. The molecule has 0 amide bonds. The minimum atomic E-state index is -1.54. The van der Waals surface area contributed by atoms with E-state index in [1.54, 1.807) is 11.3 Å². The van der Waals surface area contributed by atoms with Crippen LogP contribution in [0.3, 0.4) is 0 Å². The summed E-state index contributed by atoms with van der Waals surface area (Å²) in [4.78, 5) is 4.63. The van der Waals surface area contributed by atoms with Gasteiger partial charge in [0.25, 0.3) is 0 Å². The average molecular weight is 594 g/mol. The maximum absolute atomic E-state index is 14.4. The third-order valence-electron chi connectivity index (χ3n) is 6.33. The Morgan fingerprint density at radius 2 is 1.07 bits per heavy atom. The molecule has 0 saturated heterocycles. The van der Waals surface area contributed by atoms with Crippen molar-refractivity contribution in [2.45, 2.75) is 33.6 Å². The van der Waals surface area contributed by atoms with Crippen molar-refractivity contribution in [3.05, 3.63) is 151 Å². The number of hydrogen-bond acceptors (Lipinski definition) is 3. The largest absolute Gasteiger partial charge is 0.249 e. The molecule has 0 fully saturated rings. The minimum absolute atomic E-state index is 0.566. The summed E-state index contributed by atoms with van der Waals surface area (Å²) >= 11 is 1.71. The zero-order valence-electron chi connectivity index (χ0n) is 21.4. The standard InChI is InChI=1S/C34H25O2S4/c35-39(29-18-9-3-10-19-29)32-23-13-22-31(34(32)40(36)30-20-11-4-12-21-30)38(28-16-7-2-8-17-28)33-24-27(25-37-33)26-14-5-1-6-15-26/h1-25H/q+1. The van der Waals surface area contributed by atoms with Gasteiger partial charge in [0.1, 0.15) is 15.8 Å². The fourth-order valence-electron chi connectivity index (χ4n) is 4.43. The summed E-state index contributed by atoms with van der Waals surface area (Å²) in [5, 5.41) is 2.19. The SMILES string of the molecule is O=S(c1ccccc1)c1cccc([S+](c2ccccc2)c2cc(-c3ccccc3)cs2)c1S(=O)c1ccccc1. The molecule has 0 bridgehead atoms. The van der Waals surface area contributed by atoms with Crippen LogP contribution in [0.25, 0.3) is 11.1 Å². The summed E-state index contributed by atoms with van der Waals surface area (Å²) in [5.41, 5.74) is 2.32. The first-order valence-corrected chi connectivity index (χ1v) is 17.1. The average Bonchev–Trinajstić information content (AvgIpc) is 3.52. The summed E-state index contributed by atoms with van der Waals surface area (Å²) in [6.07, 6.45) is 0. The second-order valence-corrected chi connectivity index (χ2v) is 14.9. The zero-order chi connectivity index (χ0) is 27.3. The molecule has 5 aromatic carbocycles. The maximum Gasteiger partial charge on any atom is 0.221 e. The summed E-state index contributed by atoms with van der Waals surface area (Å²) < 4.78 is 29.6. The van der Waals surface area contributed by atoms with Crippen LogP contribution in [0.15, 0.2) is 185 Å². The predicted octanol–water partition coefficient (Wildman–Crippen LogP) is 8.84. The number of hydrogen-bond donors (Lipinski definition) is 0. The lowest BCUT2D eigenvalue weighted by atomic mass is 10.1. The summed E-state index contributed by atoms with van der Waals surface area (Å²) in [6.45, 7) is 0. The Kier molecular flexibility index (Phi) is 8.21. The highest BCUT2D eigenvalue weighted by molar-refractivity contribution is 7.99. The Balaban J connectivity index is 1.58. The van der Waals surface area contributed by atoms with Gasteiger partial charge in [0.15, 0.2) is 9.79 Å². The minimum Gasteiger partial charge on any atom is -0.249 e. The third kappa shape index (κ3) is 5.54. The van der Waals surface area contributed by atoms with Crippen LogP contribution in [0.4, 0.5) is 0 Å². The fraction of sp³-hybridized carbons (Fsp3) is 0. The second-order valence-electron chi connectivity index (χ2n) is 8.89. The number of rotatable bonds is 8. The smallest absolute Gasteiger partial charge is 0.221 e. The van der Waals surface area contributed by atoms with Gasteiger partial charge in [0, 0.05) is 21.2 Å². The van der Waals surface area contributed by atoms with Crippen molar-refractivity contribution in [1.82, 2.24) is 0 Å². The van der Waals surface area contributed by atoms with E-state index in [2.05, 4.69) is 41.8 Å². The molecular formula is C34H25O2S4+. The van der Waals surface area contributed by atoms with Crippen molar-refractivity contribution in [3.8, 4) is 11.1 Å². The first-order chi connectivity index (χ1) is 19.7. The third-order valence-corrected chi connectivity index (χ3v) is 13.1. The Hall–Kier alpha value is -3.55. The van der Waals surface area contributed by atoms with Gasteiger partial charge in [-0.1, -0.05) is 102 Å². The molecule has 3 unspecified atom stereocenters. The van der Waals surface area contributed by atoms with Crippen molar-refractivity contribution >= 4 is 43.8 Å². The van der Waals surface area contributed by atoms with Gasteiger partial charge >= 0.3 is 0 Å². The molecule has 0 N–H and O–H groups in total. The highest BCUT2D eigenvalue weighted by atomic mass is 32.2. The number of thiophene rings is 1. The molecule has 1 aromatic heterocycles. The molecule has 6 aromatic rings. The maximum atomic E-state index is 14.4. The fourth-order valence-corrected chi connectivity index (χ4v) is 11.3. The summed E-state index contributed by atoms with van der Waals surface area (Å²) in [7, 11) is -3.61. The van der Waals surface area contributed by atoms with Gasteiger partial charge in [0.05, 0.1) is 26.5 Å². The van der Waals surface area contributed by atoms with Gasteiger partial charge in [0.2, 0.25) is 4.21 Å². The van der Waals surface area contributed by atoms with E-state index in [0.717, 1.165) is 20.9 Å². The predicted molar refractivity (Wildman–Crippen MR) is 167 cm³/mol. The Labute approximate surface area is 246 Å². The zero-order valence-corrected chi connectivity index (χ0v) is 24.6. The van der Waals surface area contributed by atoms with Crippen LogP contribution in [0.5, 0.6) is 0 Å². The molecule has 0 aliphatic carbocycles. The lowest BCUT2D eigenvalue weighted by Gasteiger charge is -2.14. The van der Waals surface area contributed by atoms with E-state index in [-0.39, 0.29) is 0 Å². The van der Waals surface area contributed by atoms with Crippen LogP contribution in [-0.2, 0) is 32.5 Å². The lowest BCUT2D eigenvalue weighted by molar-refractivity contribution is 0.672. The van der Waals surface area contributed by atoms with Crippen molar-refractivity contribution in [2.24, 2.45) is 0 Å². The van der Waals surface area contributed by atoms with Crippen LogP contribution >= 0.6 is 11.3 Å². The van der Waals surface area contributed by atoms with Crippen molar-refractivity contribution in [3.63, 3.8) is 0 Å². The van der Waals surface area contributed by atoms with E-state index < -0.39 is 32.5 Å². The van der Waals surface area contributed by atoms with Crippen LogP contribution in [0, 0.1) is 0 Å². The summed E-state index contributed by atoms with van der Waals surface area (Å²) in [5.74, 6) is 0. The Morgan fingerprint density at radius 1 is 0.525 bits per heavy atom. The van der Waals surface area contributed by atoms with Gasteiger partial charge < -0.3 is 0 Å². The van der Waals surface area contributed by atoms with E-state index in [4.69, 9.17) is 0 Å². The molecule has 0 aliphatic heterocycles. The van der Waals surface area contributed by atoms with E-state index in [1.165, 1.54) is 4.21 Å². The quantitative estimate of drug-likeness (QED) is 0.165. The lowest BCUT2D eigenvalue weighted by Crippen LogP contribution is -2.11.